The van der Waals surface area contributed by atoms with Gasteiger partial charge in [0.05, 0.1) is 0 Å². The summed E-state index contributed by atoms with van der Waals surface area (Å²) < 4.78 is 0. The maximum Gasteiger partial charge on any atom is 0.227 e. The van der Waals surface area contributed by atoms with Crippen molar-refractivity contribution in [3.63, 3.8) is 0 Å². The Morgan fingerprint density at radius 1 is 0.567 bits per heavy atom. The fraction of sp³-hybridized carbons (Fsp3) is 0.0741. The third-order valence-electron chi connectivity index (χ3n) is 5.20. The maximum absolute atomic E-state index is 13.3. The van der Waals surface area contributed by atoms with Gasteiger partial charge >= 0.3 is 0 Å². The highest BCUT2D eigenvalue weighted by atomic mass is 32.2. The van der Waals surface area contributed by atoms with E-state index in [2.05, 4.69) is 84.9 Å². The van der Waals surface area contributed by atoms with Gasteiger partial charge in [0.2, 0.25) is 5.12 Å². The van der Waals surface area contributed by atoms with Gasteiger partial charge in [-0.3, -0.25) is 4.79 Å². The molecule has 0 radical (unpaired) electrons. The molecule has 0 atom stereocenters. The largest absolute Gasteiger partial charge is 0.283 e. The zero-order valence-corrected chi connectivity index (χ0v) is 18.4. The van der Waals surface area contributed by atoms with Crippen molar-refractivity contribution in [2.75, 3.05) is 6.16 Å². The van der Waals surface area contributed by atoms with Crippen LogP contribution < -0.4 is 15.9 Å². The Bertz CT molecular complexity index is 970. The van der Waals surface area contributed by atoms with Crippen molar-refractivity contribution in [1.29, 1.82) is 0 Å². The van der Waals surface area contributed by atoms with E-state index in [1.54, 1.807) is 0 Å². The normalized spacial score (nSPS) is 11.2. The highest BCUT2D eigenvalue weighted by Gasteiger charge is 2.47. The van der Waals surface area contributed by atoms with Gasteiger partial charge in [-0.05, 0) is 42.0 Å². The first kappa shape index (κ1) is 20.6. The molecule has 3 heteroatoms. The third kappa shape index (κ3) is 4.56. The van der Waals surface area contributed by atoms with Gasteiger partial charge in [0, 0.05) is 5.75 Å². The van der Waals surface area contributed by atoms with E-state index in [9.17, 15) is 4.79 Å². The SMILES string of the molecule is O=C(C[P+](c1ccccc1)(c1ccccc1)c1ccccc1)SCc1ccccc1. The van der Waals surface area contributed by atoms with Crippen LogP contribution in [0, 0.1) is 0 Å². The average Bonchev–Trinajstić information content (AvgIpc) is 2.83. The average molecular weight is 428 g/mol. The lowest BCUT2D eigenvalue weighted by Gasteiger charge is -2.26. The zero-order valence-electron chi connectivity index (χ0n) is 16.7. The number of benzene rings is 4. The van der Waals surface area contributed by atoms with Crippen LogP contribution in [-0.4, -0.2) is 11.3 Å². The van der Waals surface area contributed by atoms with Crippen molar-refractivity contribution in [2.45, 2.75) is 5.75 Å². The van der Waals surface area contributed by atoms with Crippen LogP contribution in [0.5, 0.6) is 0 Å². The minimum atomic E-state index is -2.10. The number of carbonyl (C=O) groups is 1. The van der Waals surface area contributed by atoms with Crippen LogP contribution in [0.1, 0.15) is 5.56 Å². The van der Waals surface area contributed by atoms with Gasteiger partial charge in [0.1, 0.15) is 29.3 Å². The molecule has 0 saturated carbocycles. The first-order valence-corrected chi connectivity index (χ1v) is 13.0. The number of carbonyl (C=O) groups excluding carboxylic acids is 1. The van der Waals surface area contributed by atoms with Gasteiger partial charge in [-0.2, -0.15) is 0 Å². The molecule has 30 heavy (non-hydrogen) atoms. The summed E-state index contributed by atoms with van der Waals surface area (Å²) in [5.41, 5.74) is 1.18. The predicted molar refractivity (Wildman–Crippen MR) is 133 cm³/mol. The third-order valence-corrected chi connectivity index (χ3v) is 10.7. The standard InChI is InChI=1S/C27H24OPS/c28-27(30-22-23-13-5-1-6-14-23)21-29(24-15-7-2-8-16-24,25-17-9-3-10-18-25)26-19-11-4-12-20-26/h1-20H,21-22H2/q+1. The Hall–Kier alpha value is -2.67. The molecule has 1 nitrogen and oxygen atoms in total. The summed E-state index contributed by atoms with van der Waals surface area (Å²) in [5, 5.41) is 3.98. The van der Waals surface area contributed by atoms with Crippen molar-refractivity contribution >= 4 is 40.1 Å². The van der Waals surface area contributed by atoms with E-state index in [1.165, 1.54) is 33.2 Å². The number of hydrogen-bond acceptors (Lipinski definition) is 2. The molecule has 0 fully saturated rings. The number of thioether (sulfide) groups is 1. The lowest BCUT2D eigenvalue weighted by Crippen LogP contribution is -2.35. The van der Waals surface area contributed by atoms with E-state index in [0.717, 1.165) is 0 Å². The van der Waals surface area contributed by atoms with Crippen molar-refractivity contribution in [3.05, 3.63) is 127 Å². The van der Waals surface area contributed by atoms with E-state index in [-0.39, 0.29) is 5.12 Å². The number of rotatable bonds is 7. The molecule has 4 aromatic rings. The highest BCUT2D eigenvalue weighted by Crippen LogP contribution is 2.55. The summed E-state index contributed by atoms with van der Waals surface area (Å²) in [6, 6.07) is 41.9. The molecule has 0 unspecified atom stereocenters. The lowest BCUT2D eigenvalue weighted by molar-refractivity contribution is -0.108. The van der Waals surface area contributed by atoms with Crippen LogP contribution in [-0.2, 0) is 10.5 Å². The second-order valence-corrected chi connectivity index (χ2v) is 11.6. The minimum absolute atomic E-state index is 0.240. The quantitative estimate of drug-likeness (QED) is 0.365. The monoisotopic (exact) mass is 427 g/mol. The fourth-order valence-electron chi connectivity index (χ4n) is 3.75. The zero-order chi connectivity index (χ0) is 20.7. The van der Waals surface area contributed by atoms with Gasteiger partial charge in [0.25, 0.3) is 0 Å². The smallest absolute Gasteiger partial charge is 0.227 e. The summed E-state index contributed by atoms with van der Waals surface area (Å²) >= 11 is 1.43. The van der Waals surface area contributed by atoms with E-state index >= 15 is 0 Å². The Morgan fingerprint density at radius 3 is 1.33 bits per heavy atom. The molecule has 0 heterocycles. The van der Waals surface area contributed by atoms with Crippen LogP contribution in [0.3, 0.4) is 0 Å². The fourth-order valence-corrected chi connectivity index (χ4v) is 9.08. The highest BCUT2D eigenvalue weighted by molar-refractivity contribution is 8.14. The molecule has 0 aromatic heterocycles. The van der Waals surface area contributed by atoms with E-state index in [4.69, 9.17) is 0 Å². The molecule has 0 bridgehead atoms. The van der Waals surface area contributed by atoms with Crippen LogP contribution in [0.4, 0.5) is 0 Å². The Balaban J connectivity index is 1.76. The van der Waals surface area contributed by atoms with Crippen molar-refractivity contribution in [3.8, 4) is 0 Å². The predicted octanol–water partition coefficient (Wildman–Crippen LogP) is 5.44. The maximum atomic E-state index is 13.3. The number of hydrogen-bond donors (Lipinski definition) is 0. The molecule has 0 aliphatic rings. The summed E-state index contributed by atoms with van der Waals surface area (Å²) in [4.78, 5) is 13.3. The second-order valence-electron chi connectivity index (χ2n) is 7.12. The van der Waals surface area contributed by atoms with Crippen LogP contribution >= 0.6 is 19.0 Å². The first-order valence-electron chi connectivity index (χ1n) is 10.0. The topological polar surface area (TPSA) is 17.1 Å². The van der Waals surface area contributed by atoms with Crippen molar-refractivity contribution in [2.24, 2.45) is 0 Å². The second kappa shape index (κ2) is 9.89. The molecule has 0 aliphatic heterocycles. The van der Waals surface area contributed by atoms with Crippen LogP contribution in [0.2, 0.25) is 0 Å². The molecule has 148 valence electrons. The van der Waals surface area contributed by atoms with Gasteiger partial charge in [-0.25, -0.2) is 0 Å². The Labute approximate surface area is 183 Å². The summed E-state index contributed by atoms with van der Waals surface area (Å²) in [6.45, 7) is 0. The molecule has 0 spiro atoms. The van der Waals surface area contributed by atoms with Crippen molar-refractivity contribution < 1.29 is 4.79 Å². The van der Waals surface area contributed by atoms with Gasteiger partial charge in [-0.1, -0.05) is 96.7 Å². The lowest BCUT2D eigenvalue weighted by atomic mass is 10.2. The van der Waals surface area contributed by atoms with Crippen LogP contribution in [0.15, 0.2) is 121 Å². The summed E-state index contributed by atoms with van der Waals surface area (Å²) in [6.07, 6.45) is 0.516. The van der Waals surface area contributed by atoms with E-state index in [1.807, 2.05) is 36.4 Å². The molecule has 4 aromatic carbocycles. The van der Waals surface area contributed by atoms with Gasteiger partial charge in [-0.15, -0.1) is 0 Å². The summed E-state index contributed by atoms with van der Waals surface area (Å²) in [5.74, 6) is 0.706. The van der Waals surface area contributed by atoms with Crippen LogP contribution in [0.25, 0.3) is 0 Å². The molecule has 0 N–H and O–H groups in total. The van der Waals surface area contributed by atoms with E-state index in [0.29, 0.717) is 11.9 Å². The Morgan fingerprint density at radius 2 is 0.933 bits per heavy atom. The van der Waals surface area contributed by atoms with Gasteiger partial charge in [0.15, 0.2) is 0 Å². The molecule has 0 aliphatic carbocycles. The first-order chi connectivity index (χ1) is 14.8. The molecule has 4 rings (SSSR count). The van der Waals surface area contributed by atoms with Gasteiger partial charge < -0.3 is 0 Å². The van der Waals surface area contributed by atoms with E-state index < -0.39 is 7.26 Å². The molecule has 0 amide bonds. The minimum Gasteiger partial charge on any atom is -0.283 e. The van der Waals surface area contributed by atoms with Crippen molar-refractivity contribution in [1.82, 2.24) is 0 Å². The Kier molecular flexibility index (Phi) is 6.79. The summed E-state index contributed by atoms with van der Waals surface area (Å²) in [7, 11) is -2.10. The molecule has 0 saturated heterocycles. The molecular formula is C27H24OPS+. The molecular weight excluding hydrogens is 403 g/mol.